The van der Waals surface area contributed by atoms with E-state index < -0.39 is 5.82 Å². The molecule has 0 unspecified atom stereocenters. The van der Waals surface area contributed by atoms with Gasteiger partial charge in [0.05, 0.1) is 12.5 Å². The maximum absolute atomic E-state index is 13.8. The summed E-state index contributed by atoms with van der Waals surface area (Å²) < 4.78 is 25.0. The zero-order valence-electron chi connectivity index (χ0n) is 13.7. The van der Waals surface area contributed by atoms with Crippen molar-refractivity contribution in [2.75, 3.05) is 12.4 Å². The summed E-state index contributed by atoms with van der Waals surface area (Å²) in [6.45, 7) is 1.87. The highest BCUT2D eigenvalue weighted by molar-refractivity contribution is 5.89. The zero-order valence-corrected chi connectivity index (χ0v) is 13.7. The topological polar surface area (TPSA) is 86.4 Å². The number of aromatic nitrogens is 2. The van der Waals surface area contributed by atoms with Crippen LogP contribution in [-0.4, -0.2) is 22.7 Å². The van der Waals surface area contributed by atoms with E-state index in [1.165, 1.54) is 17.7 Å². The first-order valence-electron chi connectivity index (χ1n) is 7.58. The van der Waals surface area contributed by atoms with Gasteiger partial charge in [-0.15, -0.1) is 0 Å². The molecule has 7 nitrogen and oxygen atoms in total. The quantitative estimate of drug-likeness (QED) is 0.768. The number of benzene rings is 1. The third-order valence-electron chi connectivity index (χ3n) is 3.72. The Morgan fingerprint density at radius 3 is 2.88 bits per heavy atom. The second kappa shape index (κ2) is 6.76. The molecular weight excluding hydrogens is 329 g/mol. The van der Waals surface area contributed by atoms with Crippen molar-refractivity contribution in [2.45, 2.75) is 19.9 Å². The second-order valence-electron chi connectivity index (χ2n) is 5.51. The van der Waals surface area contributed by atoms with E-state index in [0.29, 0.717) is 17.0 Å². The number of pyridine rings is 1. The van der Waals surface area contributed by atoms with Gasteiger partial charge in [-0.3, -0.25) is 9.59 Å². The lowest BCUT2D eigenvalue weighted by Crippen LogP contribution is -2.23. The fourth-order valence-electron chi connectivity index (χ4n) is 2.47. The number of aryl methyl sites for hydroxylation is 2. The molecule has 0 aliphatic heterocycles. The van der Waals surface area contributed by atoms with Crippen molar-refractivity contribution in [1.82, 2.24) is 9.72 Å². The highest BCUT2D eigenvalue weighted by Crippen LogP contribution is 2.22. The fourth-order valence-corrected chi connectivity index (χ4v) is 2.47. The SMILES string of the molecule is COc1cc2ccn(CCC(=O)Nc3cc(C)on3)c(=O)c2cc1F. The van der Waals surface area contributed by atoms with Crippen LogP contribution in [0.4, 0.5) is 10.2 Å². The number of rotatable bonds is 5. The van der Waals surface area contributed by atoms with Crippen LogP contribution in [0.5, 0.6) is 5.75 Å². The Labute approximate surface area is 142 Å². The van der Waals surface area contributed by atoms with Gasteiger partial charge in [0, 0.05) is 25.2 Å². The predicted octanol–water partition coefficient (Wildman–Crippen LogP) is 2.47. The van der Waals surface area contributed by atoms with Gasteiger partial charge in [0.15, 0.2) is 17.4 Å². The largest absolute Gasteiger partial charge is 0.494 e. The molecule has 1 N–H and O–H groups in total. The highest BCUT2D eigenvalue weighted by Gasteiger charge is 2.11. The molecular formula is C17H16FN3O4. The summed E-state index contributed by atoms with van der Waals surface area (Å²) in [6.07, 6.45) is 1.63. The minimum absolute atomic E-state index is 0.0654. The number of nitrogens with one attached hydrogen (secondary N) is 1. The number of halogens is 1. The lowest BCUT2D eigenvalue weighted by molar-refractivity contribution is -0.116. The molecule has 0 atom stereocenters. The van der Waals surface area contributed by atoms with E-state index in [0.717, 1.165) is 6.07 Å². The third-order valence-corrected chi connectivity index (χ3v) is 3.72. The molecule has 0 spiro atoms. The number of nitrogens with zero attached hydrogens (tertiary/aromatic N) is 2. The van der Waals surface area contributed by atoms with Crippen LogP contribution in [0.1, 0.15) is 12.2 Å². The average molecular weight is 345 g/mol. The monoisotopic (exact) mass is 345 g/mol. The standard InChI is InChI=1S/C17H16FN3O4/c1-10-7-15(20-25-10)19-16(22)4-6-21-5-3-11-8-14(24-2)13(18)9-12(11)17(21)23/h3,5,7-9H,4,6H2,1-2H3,(H,19,20,22). The van der Waals surface area contributed by atoms with Crippen LogP contribution in [0.25, 0.3) is 10.8 Å². The van der Waals surface area contributed by atoms with Gasteiger partial charge in [0.2, 0.25) is 5.91 Å². The summed E-state index contributed by atoms with van der Waals surface area (Å²) >= 11 is 0. The Balaban J connectivity index is 1.76. The van der Waals surface area contributed by atoms with Crippen LogP contribution < -0.4 is 15.6 Å². The van der Waals surface area contributed by atoms with Crippen molar-refractivity contribution in [3.63, 3.8) is 0 Å². The maximum atomic E-state index is 13.8. The number of methoxy groups -OCH3 is 1. The smallest absolute Gasteiger partial charge is 0.258 e. The summed E-state index contributed by atoms with van der Waals surface area (Å²) in [5.74, 6) is 0.0677. The van der Waals surface area contributed by atoms with Crippen molar-refractivity contribution in [3.8, 4) is 5.75 Å². The Hall–Kier alpha value is -3.16. The molecule has 0 saturated heterocycles. The molecule has 25 heavy (non-hydrogen) atoms. The maximum Gasteiger partial charge on any atom is 0.258 e. The molecule has 0 aliphatic carbocycles. The first kappa shape index (κ1) is 16.7. The van der Waals surface area contributed by atoms with E-state index >= 15 is 0 Å². The van der Waals surface area contributed by atoms with Crippen molar-refractivity contribution in [1.29, 1.82) is 0 Å². The summed E-state index contributed by atoms with van der Waals surface area (Å²) in [6, 6.07) is 5.88. The van der Waals surface area contributed by atoms with Crippen LogP contribution >= 0.6 is 0 Å². The van der Waals surface area contributed by atoms with Crippen molar-refractivity contribution in [3.05, 3.63) is 52.4 Å². The van der Waals surface area contributed by atoms with E-state index in [1.54, 1.807) is 25.3 Å². The van der Waals surface area contributed by atoms with Crippen molar-refractivity contribution < 1.29 is 18.4 Å². The molecule has 0 bridgehead atoms. The number of anilines is 1. The molecule has 1 aromatic carbocycles. The van der Waals surface area contributed by atoms with Crippen LogP contribution in [0.2, 0.25) is 0 Å². The van der Waals surface area contributed by atoms with Crippen LogP contribution in [0.3, 0.4) is 0 Å². The van der Waals surface area contributed by atoms with Crippen molar-refractivity contribution in [2.24, 2.45) is 0 Å². The molecule has 130 valence electrons. The molecule has 0 radical (unpaired) electrons. The fraction of sp³-hybridized carbons (Fsp3) is 0.235. The predicted molar refractivity (Wildman–Crippen MR) is 89.2 cm³/mol. The molecule has 1 amide bonds. The Morgan fingerprint density at radius 2 is 2.20 bits per heavy atom. The first-order chi connectivity index (χ1) is 12.0. The number of fused-ring (bicyclic) bond motifs is 1. The third kappa shape index (κ3) is 3.52. The molecule has 0 aliphatic rings. The van der Waals surface area contributed by atoms with Gasteiger partial charge in [-0.1, -0.05) is 5.16 Å². The summed E-state index contributed by atoms with van der Waals surface area (Å²) in [4.78, 5) is 24.4. The molecule has 2 heterocycles. The van der Waals surface area contributed by atoms with Gasteiger partial charge in [-0.25, -0.2) is 4.39 Å². The Morgan fingerprint density at radius 1 is 1.40 bits per heavy atom. The van der Waals surface area contributed by atoms with E-state index in [9.17, 15) is 14.0 Å². The lowest BCUT2D eigenvalue weighted by atomic mass is 10.1. The normalized spacial score (nSPS) is 10.8. The number of carbonyl (C=O) groups excluding carboxylic acids is 1. The first-order valence-corrected chi connectivity index (χ1v) is 7.58. The highest BCUT2D eigenvalue weighted by atomic mass is 19.1. The minimum Gasteiger partial charge on any atom is -0.494 e. The number of ether oxygens (including phenoxy) is 1. The zero-order chi connectivity index (χ0) is 18.0. The van der Waals surface area contributed by atoms with Gasteiger partial charge >= 0.3 is 0 Å². The van der Waals surface area contributed by atoms with E-state index in [-0.39, 0.29) is 35.6 Å². The number of carbonyl (C=O) groups is 1. The molecule has 3 aromatic rings. The molecule has 0 saturated carbocycles. The van der Waals surface area contributed by atoms with Gasteiger partial charge < -0.3 is 19.1 Å². The number of hydrogen-bond acceptors (Lipinski definition) is 5. The molecule has 3 rings (SSSR count). The molecule has 0 fully saturated rings. The molecule has 2 aromatic heterocycles. The minimum atomic E-state index is -0.607. The van der Waals surface area contributed by atoms with E-state index in [2.05, 4.69) is 10.5 Å². The van der Waals surface area contributed by atoms with Crippen LogP contribution in [0.15, 0.2) is 39.8 Å². The number of amides is 1. The summed E-state index contributed by atoms with van der Waals surface area (Å²) in [7, 11) is 1.36. The van der Waals surface area contributed by atoms with E-state index in [4.69, 9.17) is 9.26 Å². The van der Waals surface area contributed by atoms with Gasteiger partial charge in [0.25, 0.3) is 5.56 Å². The summed E-state index contributed by atoms with van der Waals surface area (Å²) in [5, 5.41) is 7.05. The van der Waals surface area contributed by atoms with Crippen molar-refractivity contribution >= 4 is 22.5 Å². The van der Waals surface area contributed by atoms with Crippen LogP contribution in [-0.2, 0) is 11.3 Å². The average Bonchev–Trinajstić information content (AvgIpc) is 2.99. The Bertz CT molecular complexity index is 993. The second-order valence-corrected chi connectivity index (χ2v) is 5.51. The van der Waals surface area contributed by atoms with Gasteiger partial charge in [-0.2, -0.15) is 0 Å². The van der Waals surface area contributed by atoms with Gasteiger partial charge in [-0.05, 0) is 30.5 Å². The van der Waals surface area contributed by atoms with Crippen LogP contribution in [0, 0.1) is 12.7 Å². The van der Waals surface area contributed by atoms with E-state index in [1.807, 2.05) is 0 Å². The summed E-state index contributed by atoms with van der Waals surface area (Å²) in [5.41, 5.74) is -0.371. The molecule has 8 heteroatoms. The number of hydrogen-bond donors (Lipinski definition) is 1. The Kier molecular flexibility index (Phi) is 4.51. The van der Waals surface area contributed by atoms with Gasteiger partial charge in [0.1, 0.15) is 5.76 Å². The lowest BCUT2D eigenvalue weighted by Gasteiger charge is -2.09.